The largest absolute Gasteiger partial charge is 0.478 e. The number of nitrogens with zero attached hydrogens (tertiary/aromatic N) is 3. The zero-order valence-corrected chi connectivity index (χ0v) is 11.9. The van der Waals surface area contributed by atoms with Gasteiger partial charge in [0.2, 0.25) is 0 Å². The molecule has 0 aliphatic heterocycles. The first-order valence-electron chi connectivity index (χ1n) is 5.74. The summed E-state index contributed by atoms with van der Waals surface area (Å²) < 4.78 is 14.8. The van der Waals surface area contributed by atoms with Gasteiger partial charge in [-0.15, -0.1) is 11.3 Å². The normalized spacial score (nSPS) is 10.8. The number of aromatic nitrogens is 3. The molecule has 106 valence electrons. The van der Waals surface area contributed by atoms with Crippen LogP contribution in [0.2, 0.25) is 5.02 Å². The number of halogens is 2. The Morgan fingerprint density at radius 1 is 1.43 bits per heavy atom. The Kier molecular flexibility index (Phi) is 3.44. The van der Waals surface area contributed by atoms with Gasteiger partial charge in [-0.2, -0.15) is 5.10 Å². The molecule has 3 aromatic rings. The van der Waals surface area contributed by atoms with Crippen LogP contribution in [0.25, 0.3) is 16.4 Å². The SMILES string of the molecule is O=C(O)c1cn(-c2ccc(Cl)c(F)c2)nc1-c1nccs1. The third-order valence-corrected chi connectivity index (χ3v) is 3.83. The highest BCUT2D eigenvalue weighted by Gasteiger charge is 2.19. The number of aromatic carboxylic acids is 1. The Balaban J connectivity index is 2.14. The molecule has 0 bridgehead atoms. The van der Waals surface area contributed by atoms with E-state index in [2.05, 4.69) is 10.1 Å². The monoisotopic (exact) mass is 323 g/mol. The summed E-state index contributed by atoms with van der Waals surface area (Å²) in [6.07, 6.45) is 2.88. The van der Waals surface area contributed by atoms with E-state index >= 15 is 0 Å². The van der Waals surface area contributed by atoms with Crippen molar-refractivity contribution in [2.75, 3.05) is 0 Å². The Morgan fingerprint density at radius 3 is 2.86 bits per heavy atom. The van der Waals surface area contributed by atoms with E-state index in [-0.39, 0.29) is 16.3 Å². The van der Waals surface area contributed by atoms with Gasteiger partial charge in [-0.25, -0.2) is 18.9 Å². The minimum absolute atomic E-state index is 0.000285. The van der Waals surface area contributed by atoms with Crippen molar-refractivity contribution >= 4 is 28.9 Å². The lowest BCUT2D eigenvalue weighted by molar-refractivity contribution is 0.0697. The van der Waals surface area contributed by atoms with Crippen molar-refractivity contribution in [2.45, 2.75) is 0 Å². The van der Waals surface area contributed by atoms with Gasteiger partial charge in [0.15, 0.2) is 0 Å². The van der Waals surface area contributed by atoms with E-state index in [4.69, 9.17) is 11.6 Å². The summed E-state index contributed by atoms with van der Waals surface area (Å²) in [7, 11) is 0. The van der Waals surface area contributed by atoms with Gasteiger partial charge < -0.3 is 5.11 Å². The molecule has 0 atom stereocenters. The number of hydrogen-bond acceptors (Lipinski definition) is 4. The van der Waals surface area contributed by atoms with E-state index in [1.165, 1.54) is 34.3 Å². The highest BCUT2D eigenvalue weighted by molar-refractivity contribution is 7.13. The number of rotatable bonds is 3. The molecule has 21 heavy (non-hydrogen) atoms. The van der Waals surface area contributed by atoms with Crippen LogP contribution in [0.4, 0.5) is 4.39 Å². The van der Waals surface area contributed by atoms with Gasteiger partial charge in [0.25, 0.3) is 0 Å². The van der Waals surface area contributed by atoms with Crippen LogP contribution in [0.1, 0.15) is 10.4 Å². The summed E-state index contributed by atoms with van der Waals surface area (Å²) in [5.41, 5.74) is 0.621. The maximum absolute atomic E-state index is 13.5. The van der Waals surface area contributed by atoms with E-state index in [1.807, 2.05) is 0 Å². The van der Waals surface area contributed by atoms with Crippen LogP contribution in [0, 0.1) is 5.82 Å². The first kappa shape index (κ1) is 13.7. The molecule has 2 aromatic heterocycles. The predicted octanol–water partition coefficient (Wildman–Crippen LogP) is 3.49. The number of thiazole rings is 1. The van der Waals surface area contributed by atoms with Gasteiger partial charge in [0.05, 0.1) is 10.7 Å². The minimum atomic E-state index is -1.12. The first-order chi connectivity index (χ1) is 10.1. The third kappa shape index (κ3) is 2.53. The Labute approximate surface area is 127 Å². The number of carbonyl (C=O) groups is 1. The minimum Gasteiger partial charge on any atom is -0.478 e. The zero-order valence-electron chi connectivity index (χ0n) is 10.3. The molecule has 0 amide bonds. The van der Waals surface area contributed by atoms with Crippen molar-refractivity contribution < 1.29 is 14.3 Å². The smallest absolute Gasteiger partial charge is 0.339 e. The quantitative estimate of drug-likeness (QED) is 0.801. The molecule has 0 unspecified atom stereocenters. The summed E-state index contributed by atoms with van der Waals surface area (Å²) in [6.45, 7) is 0. The lowest BCUT2D eigenvalue weighted by Crippen LogP contribution is -1.96. The predicted molar refractivity (Wildman–Crippen MR) is 76.6 cm³/mol. The van der Waals surface area contributed by atoms with Gasteiger partial charge in [-0.1, -0.05) is 11.6 Å². The highest BCUT2D eigenvalue weighted by atomic mass is 35.5. The van der Waals surface area contributed by atoms with Crippen LogP contribution >= 0.6 is 22.9 Å². The van der Waals surface area contributed by atoms with Crippen molar-refractivity contribution in [1.82, 2.24) is 14.8 Å². The fraction of sp³-hybridized carbons (Fsp3) is 0. The second-order valence-corrected chi connectivity index (χ2v) is 5.38. The van der Waals surface area contributed by atoms with Gasteiger partial charge >= 0.3 is 5.97 Å². The second-order valence-electron chi connectivity index (χ2n) is 4.08. The van der Waals surface area contributed by atoms with E-state index < -0.39 is 11.8 Å². The van der Waals surface area contributed by atoms with Crippen molar-refractivity contribution in [1.29, 1.82) is 0 Å². The topological polar surface area (TPSA) is 68.0 Å². The first-order valence-corrected chi connectivity index (χ1v) is 7.00. The lowest BCUT2D eigenvalue weighted by atomic mass is 10.2. The molecule has 0 saturated heterocycles. The van der Waals surface area contributed by atoms with Crippen molar-refractivity contribution in [3.8, 4) is 16.4 Å². The van der Waals surface area contributed by atoms with Crippen molar-refractivity contribution in [2.24, 2.45) is 0 Å². The van der Waals surface area contributed by atoms with Crippen LogP contribution in [-0.2, 0) is 0 Å². The molecular formula is C13H7ClFN3O2S. The van der Waals surface area contributed by atoms with Crippen LogP contribution in [0.15, 0.2) is 36.0 Å². The molecule has 5 nitrogen and oxygen atoms in total. The maximum Gasteiger partial charge on any atom is 0.339 e. The van der Waals surface area contributed by atoms with Crippen molar-refractivity contribution in [3.05, 3.63) is 52.4 Å². The standard InChI is InChI=1S/C13H7ClFN3O2S/c14-9-2-1-7(5-10(9)15)18-6-8(13(19)20)11(17-18)12-16-3-4-21-12/h1-6H,(H,19,20). The molecule has 0 aliphatic rings. The van der Waals surface area contributed by atoms with Gasteiger partial charge in [0, 0.05) is 23.8 Å². The highest BCUT2D eigenvalue weighted by Crippen LogP contribution is 2.26. The van der Waals surface area contributed by atoms with Crippen LogP contribution in [0.5, 0.6) is 0 Å². The molecule has 0 aliphatic carbocycles. The molecule has 1 aromatic carbocycles. The summed E-state index contributed by atoms with van der Waals surface area (Å²) >= 11 is 6.91. The number of carboxylic acids is 1. The second kappa shape index (κ2) is 5.27. The fourth-order valence-electron chi connectivity index (χ4n) is 1.79. The summed E-state index contributed by atoms with van der Waals surface area (Å²) in [5, 5.41) is 15.6. The third-order valence-electron chi connectivity index (χ3n) is 2.75. The van der Waals surface area contributed by atoms with E-state index in [0.29, 0.717) is 10.7 Å². The molecule has 0 saturated carbocycles. The molecule has 0 radical (unpaired) electrons. The number of benzene rings is 1. The van der Waals surface area contributed by atoms with Crippen LogP contribution in [0.3, 0.4) is 0 Å². The summed E-state index contributed by atoms with van der Waals surface area (Å²) in [5.74, 6) is -1.72. The molecule has 0 spiro atoms. The van der Waals surface area contributed by atoms with Crippen molar-refractivity contribution in [3.63, 3.8) is 0 Å². The lowest BCUT2D eigenvalue weighted by Gasteiger charge is -2.01. The van der Waals surface area contributed by atoms with E-state index in [0.717, 1.165) is 0 Å². The molecule has 3 rings (SSSR count). The average Bonchev–Trinajstić information content (AvgIpc) is 3.09. The van der Waals surface area contributed by atoms with E-state index in [9.17, 15) is 14.3 Å². The van der Waals surface area contributed by atoms with Gasteiger partial charge in [-0.05, 0) is 12.1 Å². The zero-order chi connectivity index (χ0) is 15.0. The van der Waals surface area contributed by atoms with Crippen LogP contribution < -0.4 is 0 Å². The molecule has 1 N–H and O–H groups in total. The Morgan fingerprint density at radius 2 is 2.24 bits per heavy atom. The Bertz CT molecular complexity index is 817. The van der Waals surface area contributed by atoms with Crippen LogP contribution in [-0.4, -0.2) is 25.8 Å². The number of hydrogen-bond donors (Lipinski definition) is 1. The van der Waals surface area contributed by atoms with E-state index in [1.54, 1.807) is 17.6 Å². The van der Waals surface area contributed by atoms with Gasteiger partial charge in [0.1, 0.15) is 22.1 Å². The molecule has 2 heterocycles. The molecular weight excluding hydrogens is 317 g/mol. The van der Waals surface area contributed by atoms with Gasteiger partial charge in [-0.3, -0.25) is 0 Å². The number of carboxylic acid groups (broad SMARTS) is 1. The Hall–Kier alpha value is -2.25. The maximum atomic E-state index is 13.5. The average molecular weight is 324 g/mol. The fourth-order valence-corrected chi connectivity index (χ4v) is 2.54. The molecule has 0 fully saturated rings. The summed E-state index contributed by atoms with van der Waals surface area (Å²) in [6, 6.07) is 4.12. The summed E-state index contributed by atoms with van der Waals surface area (Å²) in [4.78, 5) is 15.4. The molecule has 8 heteroatoms.